The number of fused-ring (bicyclic) bond motifs is 1. The highest BCUT2D eigenvalue weighted by Crippen LogP contribution is 2.34. The van der Waals surface area contributed by atoms with Crippen LogP contribution in [0.2, 0.25) is 0 Å². The van der Waals surface area contributed by atoms with Gasteiger partial charge in [0.2, 0.25) is 10.0 Å². The lowest BCUT2D eigenvalue weighted by atomic mass is 10.0. The van der Waals surface area contributed by atoms with Crippen LogP contribution in [0.4, 0.5) is 0 Å². The average molecular weight is 549 g/mol. The second kappa shape index (κ2) is 12.7. The largest absolute Gasteiger partial charge is 0.495 e. The Bertz CT molecular complexity index is 1430. The van der Waals surface area contributed by atoms with Crippen LogP contribution in [0, 0.1) is 17.8 Å². The molecule has 7 nitrogen and oxygen atoms in total. The first-order valence-electron chi connectivity index (χ1n) is 13.0. The summed E-state index contributed by atoms with van der Waals surface area (Å²) in [7, 11) is -0.288. The summed E-state index contributed by atoms with van der Waals surface area (Å²) in [4.78, 5) is 2.26. The molecule has 8 heteroatoms. The predicted octanol–water partition coefficient (Wildman–Crippen LogP) is 4.00. The summed E-state index contributed by atoms with van der Waals surface area (Å²) in [6.45, 7) is 5.00. The molecule has 1 heterocycles. The topological polar surface area (TPSA) is 79.3 Å². The molecule has 4 rings (SSSR count). The molecule has 1 aliphatic heterocycles. The van der Waals surface area contributed by atoms with Crippen LogP contribution in [-0.4, -0.2) is 68.7 Å². The molecule has 3 aromatic rings. The lowest BCUT2D eigenvalue weighted by Crippen LogP contribution is -2.49. The van der Waals surface area contributed by atoms with Gasteiger partial charge in [-0.05, 0) is 49.9 Å². The van der Waals surface area contributed by atoms with E-state index in [-0.39, 0.29) is 35.8 Å². The number of aliphatic hydroxyl groups is 1. The Hall–Kier alpha value is -3.35. The maximum atomic E-state index is 13.7. The standard InChI is InChI=1S/C31H36N2O5S/c1-23-19-33(24(2)22-34)39(35,36)31-17-15-25(14-16-27-12-8-9-13-28(27)37-4)18-29(31)38-30(23)21-32(3)20-26-10-6-5-7-11-26/h5-13,15,17-18,23-24,30,34H,19-22H2,1-4H3/t23-,24+,30-/m1/s1. The number of aliphatic hydroxyl groups excluding tert-OH is 1. The van der Waals surface area contributed by atoms with Crippen molar-refractivity contribution in [2.45, 2.75) is 37.4 Å². The monoisotopic (exact) mass is 548 g/mol. The number of benzene rings is 3. The van der Waals surface area contributed by atoms with E-state index >= 15 is 0 Å². The number of nitrogens with zero attached hydrogens (tertiary/aromatic N) is 2. The van der Waals surface area contributed by atoms with Crippen molar-refractivity contribution in [1.29, 1.82) is 0 Å². The molecular formula is C31H36N2O5S. The molecule has 0 amide bonds. The highest BCUT2D eigenvalue weighted by Gasteiger charge is 2.38. The maximum Gasteiger partial charge on any atom is 0.247 e. The third kappa shape index (κ3) is 6.81. The molecule has 0 fully saturated rings. The van der Waals surface area contributed by atoms with E-state index < -0.39 is 16.1 Å². The molecule has 39 heavy (non-hydrogen) atoms. The fraction of sp³-hybridized carbons (Fsp3) is 0.355. The molecule has 206 valence electrons. The Morgan fingerprint density at radius 3 is 2.54 bits per heavy atom. The van der Waals surface area contributed by atoms with Crippen LogP contribution in [0.1, 0.15) is 30.5 Å². The molecule has 0 aromatic heterocycles. The van der Waals surface area contributed by atoms with Gasteiger partial charge in [-0.25, -0.2) is 8.42 Å². The Kier molecular flexibility index (Phi) is 9.31. The summed E-state index contributed by atoms with van der Waals surface area (Å²) in [5, 5.41) is 9.88. The van der Waals surface area contributed by atoms with Gasteiger partial charge in [0.05, 0.1) is 19.3 Å². The Labute approximate surface area is 232 Å². The van der Waals surface area contributed by atoms with Crippen LogP contribution in [0.3, 0.4) is 0 Å². The number of sulfonamides is 1. The first kappa shape index (κ1) is 28.7. The molecule has 0 saturated carbocycles. The average Bonchev–Trinajstić information content (AvgIpc) is 2.94. The molecule has 3 atom stereocenters. The number of likely N-dealkylation sites (N-methyl/N-ethyl adjacent to an activating group) is 1. The number of hydrogen-bond acceptors (Lipinski definition) is 6. The normalized spacial score (nSPS) is 19.5. The summed E-state index contributed by atoms with van der Waals surface area (Å²) in [6, 6.07) is 22.0. The maximum absolute atomic E-state index is 13.7. The van der Waals surface area contributed by atoms with Crippen molar-refractivity contribution < 1.29 is 23.0 Å². The lowest BCUT2D eigenvalue weighted by Gasteiger charge is -2.37. The van der Waals surface area contributed by atoms with Crippen molar-refractivity contribution in [2.75, 3.05) is 33.9 Å². The van der Waals surface area contributed by atoms with Crippen molar-refractivity contribution in [1.82, 2.24) is 9.21 Å². The summed E-state index contributed by atoms with van der Waals surface area (Å²) in [6.07, 6.45) is -0.293. The lowest BCUT2D eigenvalue weighted by molar-refractivity contribution is 0.0733. The number of ether oxygens (including phenoxy) is 2. The molecule has 1 aliphatic rings. The summed E-state index contributed by atoms with van der Waals surface area (Å²) in [5.74, 6) is 7.04. The zero-order valence-corrected chi connectivity index (χ0v) is 23.7. The molecule has 0 aliphatic carbocycles. The highest BCUT2D eigenvalue weighted by atomic mass is 32.2. The third-order valence-corrected chi connectivity index (χ3v) is 8.92. The fourth-order valence-corrected chi connectivity index (χ4v) is 6.50. The van der Waals surface area contributed by atoms with Crippen LogP contribution in [0.25, 0.3) is 0 Å². The first-order chi connectivity index (χ1) is 18.7. The minimum Gasteiger partial charge on any atom is -0.495 e. The number of rotatable bonds is 7. The molecule has 0 saturated heterocycles. The number of hydrogen-bond donors (Lipinski definition) is 1. The van der Waals surface area contributed by atoms with E-state index in [0.29, 0.717) is 17.9 Å². The predicted molar refractivity (Wildman–Crippen MR) is 152 cm³/mol. The van der Waals surface area contributed by atoms with Crippen LogP contribution in [0.5, 0.6) is 11.5 Å². The third-order valence-electron chi connectivity index (χ3n) is 6.90. The van der Waals surface area contributed by atoms with Gasteiger partial charge in [-0.3, -0.25) is 4.90 Å². The highest BCUT2D eigenvalue weighted by molar-refractivity contribution is 7.89. The smallest absolute Gasteiger partial charge is 0.247 e. The van der Waals surface area contributed by atoms with Crippen LogP contribution in [-0.2, 0) is 16.6 Å². The Balaban J connectivity index is 1.71. The van der Waals surface area contributed by atoms with E-state index in [1.54, 1.807) is 32.2 Å². The second-order valence-electron chi connectivity index (χ2n) is 10.0. The summed E-state index contributed by atoms with van der Waals surface area (Å²) in [5.41, 5.74) is 2.55. The fourth-order valence-electron chi connectivity index (χ4n) is 4.68. The van der Waals surface area contributed by atoms with Crippen molar-refractivity contribution >= 4 is 10.0 Å². The minimum atomic E-state index is -3.92. The molecule has 0 bridgehead atoms. The SMILES string of the molecule is COc1ccccc1C#Cc1ccc2c(c1)O[C@H](CN(C)Cc1ccccc1)[C@H](C)CN([C@@H](C)CO)S2(=O)=O. The molecule has 0 unspecified atom stereocenters. The van der Waals surface area contributed by atoms with E-state index in [0.717, 1.165) is 12.1 Å². The molecule has 3 aromatic carbocycles. The Morgan fingerprint density at radius 2 is 1.82 bits per heavy atom. The zero-order chi connectivity index (χ0) is 28.0. The van der Waals surface area contributed by atoms with Crippen molar-refractivity contribution in [2.24, 2.45) is 5.92 Å². The van der Waals surface area contributed by atoms with E-state index in [9.17, 15) is 13.5 Å². The summed E-state index contributed by atoms with van der Waals surface area (Å²) < 4.78 is 40.8. The van der Waals surface area contributed by atoms with Crippen molar-refractivity contribution in [3.63, 3.8) is 0 Å². The molecule has 0 radical (unpaired) electrons. The van der Waals surface area contributed by atoms with Gasteiger partial charge in [-0.15, -0.1) is 0 Å². The summed E-state index contributed by atoms with van der Waals surface area (Å²) >= 11 is 0. The van der Waals surface area contributed by atoms with Gasteiger partial charge < -0.3 is 14.6 Å². The van der Waals surface area contributed by atoms with Crippen LogP contribution >= 0.6 is 0 Å². The first-order valence-corrected chi connectivity index (χ1v) is 14.5. The van der Waals surface area contributed by atoms with Gasteiger partial charge in [0.1, 0.15) is 22.5 Å². The van der Waals surface area contributed by atoms with Gasteiger partial charge in [-0.1, -0.05) is 61.2 Å². The van der Waals surface area contributed by atoms with Gasteiger partial charge in [0.15, 0.2) is 0 Å². The van der Waals surface area contributed by atoms with Crippen molar-refractivity contribution in [3.05, 3.63) is 89.5 Å². The second-order valence-corrected chi connectivity index (χ2v) is 11.9. The quantitative estimate of drug-likeness (QED) is 0.450. The minimum absolute atomic E-state index is 0.0771. The van der Waals surface area contributed by atoms with E-state index in [1.807, 2.05) is 56.4 Å². The Morgan fingerprint density at radius 1 is 1.10 bits per heavy atom. The zero-order valence-electron chi connectivity index (χ0n) is 22.9. The molecule has 0 spiro atoms. The van der Waals surface area contributed by atoms with Crippen LogP contribution < -0.4 is 9.47 Å². The van der Waals surface area contributed by atoms with E-state index in [4.69, 9.17) is 9.47 Å². The molecule has 1 N–H and O–H groups in total. The number of methoxy groups -OCH3 is 1. The molecular weight excluding hydrogens is 512 g/mol. The van der Waals surface area contributed by atoms with Gasteiger partial charge in [-0.2, -0.15) is 4.31 Å². The van der Waals surface area contributed by atoms with Crippen LogP contribution in [0.15, 0.2) is 77.7 Å². The van der Waals surface area contributed by atoms with E-state index in [2.05, 4.69) is 28.9 Å². The van der Waals surface area contributed by atoms with Gasteiger partial charge >= 0.3 is 0 Å². The van der Waals surface area contributed by atoms with E-state index in [1.165, 1.54) is 9.87 Å². The van der Waals surface area contributed by atoms with Crippen molar-refractivity contribution in [3.8, 4) is 23.3 Å². The van der Waals surface area contributed by atoms with Gasteiger partial charge in [0.25, 0.3) is 0 Å². The van der Waals surface area contributed by atoms with Gasteiger partial charge in [0, 0.05) is 37.2 Å². The number of para-hydroxylation sites is 1.